The lowest BCUT2D eigenvalue weighted by molar-refractivity contribution is 0.910. The van der Waals surface area contributed by atoms with Gasteiger partial charge in [-0.1, -0.05) is 48.0 Å². The predicted molar refractivity (Wildman–Crippen MR) is 87.4 cm³/mol. The second-order valence-electron chi connectivity index (χ2n) is 4.64. The molecule has 2 rings (SSSR count). The number of rotatable bonds is 3. The molecular formula is C16H16ClI. The molecule has 0 aromatic heterocycles. The fourth-order valence-corrected chi connectivity index (χ4v) is 3.23. The Morgan fingerprint density at radius 2 is 1.72 bits per heavy atom. The smallest absolute Gasteiger partial charge is 0.0636 e. The summed E-state index contributed by atoms with van der Waals surface area (Å²) in [7, 11) is 0. The highest BCUT2D eigenvalue weighted by Gasteiger charge is 2.13. The van der Waals surface area contributed by atoms with Crippen molar-refractivity contribution in [1.82, 2.24) is 0 Å². The van der Waals surface area contributed by atoms with Crippen molar-refractivity contribution in [3.63, 3.8) is 0 Å². The van der Waals surface area contributed by atoms with Crippen LogP contribution in [0.5, 0.6) is 0 Å². The summed E-state index contributed by atoms with van der Waals surface area (Å²) in [5.41, 5.74) is 5.11. The number of benzene rings is 2. The molecule has 0 N–H and O–H groups in total. The summed E-state index contributed by atoms with van der Waals surface area (Å²) >= 11 is 8.94. The maximum atomic E-state index is 6.55. The van der Waals surface area contributed by atoms with Gasteiger partial charge in [0.1, 0.15) is 0 Å². The second kappa shape index (κ2) is 6.07. The molecule has 0 aliphatic carbocycles. The van der Waals surface area contributed by atoms with Crippen LogP contribution in [0.2, 0.25) is 0 Å². The zero-order valence-electron chi connectivity index (χ0n) is 10.6. The molecule has 2 aromatic rings. The van der Waals surface area contributed by atoms with E-state index >= 15 is 0 Å². The molecule has 1 unspecified atom stereocenters. The van der Waals surface area contributed by atoms with Gasteiger partial charge >= 0.3 is 0 Å². The van der Waals surface area contributed by atoms with Crippen LogP contribution in [0, 0.1) is 17.4 Å². The molecule has 0 saturated heterocycles. The predicted octanol–water partition coefficient (Wildman–Crippen LogP) is 5.43. The van der Waals surface area contributed by atoms with Gasteiger partial charge in [-0.25, -0.2) is 0 Å². The maximum absolute atomic E-state index is 6.55. The first-order valence-electron chi connectivity index (χ1n) is 6.02. The van der Waals surface area contributed by atoms with E-state index in [0.717, 1.165) is 6.42 Å². The first-order valence-corrected chi connectivity index (χ1v) is 7.54. The van der Waals surface area contributed by atoms with E-state index in [4.69, 9.17) is 11.6 Å². The van der Waals surface area contributed by atoms with Gasteiger partial charge in [0.05, 0.1) is 5.38 Å². The Morgan fingerprint density at radius 1 is 1.06 bits per heavy atom. The minimum atomic E-state index is 0.0412. The van der Waals surface area contributed by atoms with Crippen LogP contribution in [0.15, 0.2) is 42.5 Å². The van der Waals surface area contributed by atoms with Crippen molar-refractivity contribution in [2.24, 2.45) is 0 Å². The standard InChI is InChI=1S/C16H16ClI/c1-11-6-8-13(9-7-11)10-15(17)14-5-3-4-12(2)16(14)18/h3-9,15H,10H2,1-2H3. The van der Waals surface area contributed by atoms with Crippen LogP contribution in [0.1, 0.15) is 27.6 Å². The number of hydrogen-bond donors (Lipinski definition) is 0. The Hall–Kier alpha value is -0.540. The number of aryl methyl sites for hydroxylation is 2. The Bertz CT molecular complexity index is 531. The molecule has 0 saturated carbocycles. The van der Waals surface area contributed by atoms with Crippen molar-refractivity contribution in [3.8, 4) is 0 Å². The Labute approximate surface area is 128 Å². The fraction of sp³-hybridized carbons (Fsp3) is 0.250. The largest absolute Gasteiger partial charge is 0.117 e. The van der Waals surface area contributed by atoms with Crippen molar-refractivity contribution in [2.45, 2.75) is 25.6 Å². The third-order valence-corrected chi connectivity index (χ3v) is 4.96. The zero-order chi connectivity index (χ0) is 13.1. The van der Waals surface area contributed by atoms with Crippen molar-refractivity contribution in [2.75, 3.05) is 0 Å². The normalized spacial score (nSPS) is 12.4. The minimum Gasteiger partial charge on any atom is -0.117 e. The Balaban J connectivity index is 2.19. The van der Waals surface area contributed by atoms with Gasteiger partial charge in [-0.15, -0.1) is 11.6 Å². The fourth-order valence-electron chi connectivity index (χ4n) is 1.95. The second-order valence-corrected chi connectivity index (χ2v) is 6.24. The van der Waals surface area contributed by atoms with E-state index in [1.807, 2.05) is 0 Å². The quantitative estimate of drug-likeness (QED) is 0.499. The molecule has 0 aliphatic heterocycles. The SMILES string of the molecule is Cc1ccc(CC(Cl)c2cccc(C)c2I)cc1. The van der Waals surface area contributed by atoms with Crippen LogP contribution in [0.25, 0.3) is 0 Å². The summed E-state index contributed by atoms with van der Waals surface area (Å²) in [4.78, 5) is 0. The van der Waals surface area contributed by atoms with Crippen LogP contribution in [0.3, 0.4) is 0 Å². The van der Waals surface area contributed by atoms with E-state index in [-0.39, 0.29) is 5.38 Å². The van der Waals surface area contributed by atoms with Crippen LogP contribution in [-0.4, -0.2) is 0 Å². The van der Waals surface area contributed by atoms with E-state index in [0.29, 0.717) is 0 Å². The van der Waals surface area contributed by atoms with Gasteiger partial charge in [0.15, 0.2) is 0 Å². The maximum Gasteiger partial charge on any atom is 0.0636 e. The highest BCUT2D eigenvalue weighted by atomic mass is 127. The lowest BCUT2D eigenvalue weighted by Crippen LogP contribution is -1.99. The van der Waals surface area contributed by atoms with Gasteiger partial charge in [0.2, 0.25) is 0 Å². The first-order chi connectivity index (χ1) is 8.58. The highest BCUT2D eigenvalue weighted by molar-refractivity contribution is 14.1. The van der Waals surface area contributed by atoms with E-state index < -0.39 is 0 Å². The number of hydrogen-bond acceptors (Lipinski definition) is 0. The molecule has 0 radical (unpaired) electrons. The van der Waals surface area contributed by atoms with Gasteiger partial charge < -0.3 is 0 Å². The summed E-state index contributed by atoms with van der Waals surface area (Å²) in [6.45, 7) is 4.23. The molecule has 2 heteroatoms. The molecular weight excluding hydrogens is 355 g/mol. The molecule has 0 heterocycles. The van der Waals surface area contributed by atoms with Crippen molar-refractivity contribution >= 4 is 34.2 Å². The minimum absolute atomic E-state index is 0.0412. The molecule has 0 aliphatic rings. The molecule has 0 amide bonds. The first kappa shape index (κ1) is 13.9. The van der Waals surface area contributed by atoms with Crippen LogP contribution < -0.4 is 0 Å². The van der Waals surface area contributed by atoms with E-state index in [9.17, 15) is 0 Å². The average molecular weight is 371 g/mol. The summed E-state index contributed by atoms with van der Waals surface area (Å²) in [5.74, 6) is 0. The van der Waals surface area contributed by atoms with E-state index in [1.165, 1.54) is 25.8 Å². The van der Waals surface area contributed by atoms with Crippen molar-refractivity contribution in [1.29, 1.82) is 0 Å². The lowest BCUT2D eigenvalue weighted by atomic mass is 10.0. The van der Waals surface area contributed by atoms with Crippen LogP contribution in [-0.2, 0) is 6.42 Å². The van der Waals surface area contributed by atoms with E-state index in [1.54, 1.807) is 0 Å². The summed E-state index contributed by atoms with van der Waals surface area (Å²) in [6.07, 6.45) is 0.876. The molecule has 0 nitrogen and oxygen atoms in total. The molecule has 2 aromatic carbocycles. The molecule has 0 fully saturated rings. The number of alkyl halides is 1. The Kier molecular flexibility index (Phi) is 4.68. The molecule has 94 valence electrons. The van der Waals surface area contributed by atoms with Crippen molar-refractivity contribution in [3.05, 3.63) is 68.3 Å². The molecule has 0 spiro atoms. The monoisotopic (exact) mass is 370 g/mol. The van der Waals surface area contributed by atoms with Gasteiger partial charge in [-0.05, 0) is 59.5 Å². The van der Waals surface area contributed by atoms with Gasteiger partial charge in [0, 0.05) is 3.57 Å². The topological polar surface area (TPSA) is 0 Å². The van der Waals surface area contributed by atoms with Gasteiger partial charge in [0.25, 0.3) is 0 Å². The van der Waals surface area contributed by atoms with Crippen LogP contribution >= 0.6 is 34.2 Å². The van der Waals surface area contributed by atoms with Crippen molar-refractivity contribution < 1.29 is 0 Å². The highest BCUT2D eigenvalue weighted by Crippen LogP contribution is 2.30. The van der Waals surface area contributed by atoms with Gasteiger partial charge in [-0.2, -0.15) is 0 Å². The summed E-state index contributed by atoms with van der Waals surface area (Å²) in [5, 5.41) is 0.0412. The average Bonchev–Trinajstić information content (AvgIpc) is 2.35. The summed E-state index contributed by atoms with van der Waals surface area (Å²) in [6, 6.07) is 14.9. The molecule has 18 heavy (non-hydrogen) atoms. The molecule has 1 atom stereocenters. The van der Waals surface area contributed by atoms with Gasteiger partial charge in [-0.3, -0.25) is 0 Å². The Morgan fingerprint density at radius 3 is 2.39 bits per heavy atom. The summed E-state index contributed by atoms with van der Waals surface area (Å²) < 4.78 is 1.28. The number of halogens is 2. The van der Waals surface area contributed by atoms with E-state index in [2.05, 4.69) is 78.9 Å². The zero-order valence-corrected chi connectivity index (χ0v) is 13.5. The molecule has 0 bridgehead atoms. The third kappa shape index (κ3) is 3.27. The van der Waals surface area contributed by atoms with Crippen LogP contribution in [0.4, 0.5) is 0 Å². The third-order valence-electron chi connectivity index (χ3n) is 3.09. The lowest BCUT2D eigenvalue weighted by Gasteiger charge is -2.13.